The molecule has 0 fully saturated rings. The van der Waals surface area contributed by atoms with E-state index < -0.39 is 6.10 Å². The third kappa shape index (κ3) is 3.34. The first-order valence-electron chi connectivity index (χ1n) is 6.46. The Balaban J connectivity index is 2.26. The summed E-state index contributed by atoms with van der Waals surface area (Å²) in [6, 6.07) is 15.7. The van der Waals surface area contributed by atoms with Crippen molar-refractivity contribution in [2.75, 3.05) is 13.2 Å². The molecule has 2 aromatic rings. The van der Waals surface area contributed by atoms with Crippen LogP contribution < -0.4 is 10.5 Å². The highest BCUT2D eigenvalue weighted by Gasteiger charge is 2.06. The molecule has 0 amide bonds. The normalized spacial score (nSPS) is 12.2. The number of ether oxygens (including phenoxy) is 1. The lowest BCUT2D eigenvalue weighted by Crippen LogP contribution is -2.11. The van der Waals surface area contributed by atoms with Gasteiger partial charge < -0.3 is 15.6 Å². The first kappa shape index (κ1) is 13.6. The summed E-state index contributed by atoms with van der Waals surface area (Å²) in [6.07, 6.45) is -0.609. The Morgan fingerprint density at radius 1 is 1.11 bits per heavy atom. The molecule has 0 radical (unpaired) electrons. The molecule has 0 saturated carbocycles. The highest BCUT2D eigenvalue weighted by molar-refractivity contribution is 5.65. The molecule has 2 aromatic carbocycles. The molecule has 0 aliphatic carbocycles. The smallest absolute Gasteiger partial charge is 0.119 e. The summed E-state index contributed by atoms with van der Waals surface area (Å²) in [6.45, 7) is 2.86. The van der Waals surface area contributed by atoms with Crippen LogP contribution in [0.15, 0.2) is 48.5 Å². The van der Waals surface area contributed by atoms with Crippen LogP contribution in [-0.2, 0) is 0 Å². The lowest BCUT2D eigenvalue weighted by molar-refractivity contribution is 0.187. The van der Waals surface area contributed by atoms with Crippen LogP contribution in [0.1, 0.15) is 18.6 Å². The van der Waals surface area contributed by atoms with E-state index in [1.807, 2.05) is 55.5 Å². The predicted octanol–water partition coefficient (Wildman–Crippen LogP) is 2.74. The summed E-state index contributed by atoms with van der Waals surface area (Å²) < 4.78 is 5.42. The molecule has 0 aliphatic rings. The molecule has 3 nitrogen and oxygen atoms in total. The van der Waals surface area contributed by atoms with Gasteiger partial charge in [0.1, 0.15) is 5.75 Å². The molecule has 3 N–H and O–H groups in total. The van der Waals surface area contributed by atoms with Gasteiger partial charge in [-0.05, 0) is 41.8 Å². The molecule has 0 aromatic heterocycles. The van der Waals surface area contributed by atoms with E-state index in [2.05, 4.69) is 0 Å². The number of aliphatic hydroxyl groups is 1. The van der Waals surface area contributed by atoms with Crippen molar-refractivity contribution in [1.29, 1.82) is 0 Å². The topological polar surface area (TPSA) is 55.5 Å². The molecule has 0 aliphatic heterocycles. The van der Waals surface area contributed by atoms with Crippen LogP contribution in [0.4, 0.5) is 0 Å². The minimum absolute atomic E-state index is 0.229. The molecule has 0 saturated heterocycles. The van der Waals surface area contributed by atoms with Gasteiger partial charge in [-0.1, -0.05) is 30.3 Å². The third-order valence-electron chi connectivity index (χ3n) is 2.99. The van der Waals surface area contributed by atoms with Crippen molar-refractivity contribution >= 4 is 0 Å². The molecule has 0 heterocycles. The zero-order chi connectivity index (χ0) is 13.7. The maximum Gasteiger partial charge on any atom is 0.119 e. The van der Waals surface area contributed by atoms with Crippen molar-refractivity contribution in [3.63, 3.8) is 0 Å². The van der Waals surface area contributed by atoms with E-state index in [9.17, 15) is 5.11 Å². The molecule has 3 heteroatoms. The molecule has 0 spiro atoms. The molecular weight excluding hydrogens is 238 g/mol. The standard InChI is InChI=1S/C16H19NO2/c1-2-19-15-8-6-12(7-9-15)13-4-3-5-14(10-13)16(18)11-17/h3-10,16,18H,2,11,17H2,1H3. The molecule has 100 valence electrons. The molecule has 19 heavy (non-hydrogen) atoms. The van der Waals surface area contributed by atoms with Gasteiger partial charge in [0.05, 0.1) is 12.7 Å². The van der Waals surface area contributed by atoms with Gasteiger partial charge in [0.15, 0.2) is 0 Å². The number of rotatable bonds is 5. The second-order valence-corrected chi connectivity index (χ2v) is 4.33. The first-order valence-corrected chi connectivity index (χ1v) is 6.46. The van der Waals surface area contributed by atoms with Crippen LogP contribution in [0.2, 0.25) is 0 Å². The Bertz CT molecular complexity index is 523. The van der Waals surface area contributed by atoms with Crippen molar-refractivity contribution in [2.24, 2.45) is 5.73 Å². The quantitative estimate of drug-likeness (QED) is 0.866. The van der Waals surface area contributed by atoms with Gasteiger partial charge in [0.25, 0.3) is 0 Å². The summed E-state index contributed by atoms with van der Waals surface area (Å²) in [5.74, 6) is 0.865. The Labute approximate surface area is 113 Å². The fourth-order valence-electron chi connectivity index (χ4n) is 1.97. The van der Waals surface area contributed by atoms with E-state index in [-0.39, 0.29) is 6.54 Å². The first-order chi connectivity index (χ1) is 9.24. The molecule has 1 unspecified atom stereocenters. The van der Waals surface area contributed by atoms with E-state index in [1.54, 1.807) is 0 Å². The molecule has 2 rings (SSSR count). The second kappa shape index (κ2) is 6.36. The minimum Gasteiger partial charge on any atom is -0.494 e. The van der Waals surface area contributed by atoms with Crippen LogP contribution >= 0.6 is 0 Å². The van der Waals surface area contributed by atoms with E-state index in [1.165, 1.54) is 0 Å². The van der Waals surface area contributed by atoms with Gasteiger partial charge >= 0.3 is 0 Å². The van der Waals surface area contributed by atoms with Crippen molar-refractivity contribution in [1.82, 2.24) is 0 Å². The van der Waals surface area contributed by atoms with E-state index in [0.717, 1.165) is 22.4 Å². The Hall–Kier alpha value is -1.84. The van der Waals surface area contributed by atoms with Gasteiger partial charge in [-0.15, -0.1) is 0 Å². The van der Waals surface area contributed by atoms with Crippen LogP contribution in [0.25, 0.3) is 11.1 Å². The van der Waals surface area contributed by atoms with E-state index >= 15 is 0 Å². The number of aliphatic hydroxyl groups excluding tert-OH is 1. The average molecular weight is 257 g/mol. The van der Waals surface area contributed by atoms with Crippen molar-refractivity contribution in [3.8, 4) is 16.9 Å². The van der Waals surface area contributed by atoms with E-state index in [0.29, 0.717) is 6.61 Å². The highest BCUT2D eigenvalue weighted by atomic mass is 16.5. The molecule has 1 atom stereocenters. The van der Waals surface area contributed by atoms with Crippen molar-refractivity contribution in [3.05, 3.63) is 54.1 Å². The van der Waals surface area contributed by atoms with Crippen LogP contribution in [0.5, 0.6) is 5.75 Å². The lowest BCUT2D eigenvalue weighted by Gasteiger charge is -2.10. The Morgan fingerprint density at radius 3 is 2.47 bits per heavy atom. The van der Waals surface area contributed by atoms with Gasteiger partial charge in [-0.2, -0.15) is 0 Å². The summed E-state index contributed by atoms with van der Waals surface area (Å²) in [7, 11) is 0. The Morgan fingerprint density at radius 2 is 1.84 bits per heavy atom. The largest absolute Gasteiger partial charge is 0.494 e. The number of hydrogen-bond donors (Lipinski definition) is 2. The summed E-state index contributed by atoms with van der Waals surface area (Å²) >= 11 is 0. The second-order valence-electron chi connectivity index (χ2n) is 4.33. The summed E-state index contributed by atoms with van der Waals surface area (Å²) in [5, 5.41) is 9.77. The maximum atomic E-state index is 9.77. The van der Waals surface area contributed by atoms with Crippen LogP contribution in [-0.4, -0.2) is 18.3 Å². The van der Waals surface area contributed by atoms with Crippen LogP contribution in [0, 0.1) is 0 Å². The third-order valence-corrected chi connectivity index (χ3v) is 2.99. The number of nitrogens with two attached hydrogens (primary N) is 1. The Kier molecular flexibility index (Phi) is 4.55. The number of hydrogen-bond acceptors (Lipinski definition) is 3. The zero-order valence-electron chi connectivity index (χ0n) is 11.0. The SMILES string of the molecule is CCOc1ccc(-c2cccc(C(O)CN)c2)cc1. The molecule has 0 bridgehead atoms. The minimum atomic E-state index is -0.609. The lowest BCUT2D eigenvalue weighted by atomic mass is 10.0. The fraction of sp³-hybridized carbons (Fsp3) is 0.250. The average Bonchev–Trinajstić information content (AvgIpc) is 2.48. The van der Waals surface area contributed by atoms with Gasteiger partial charge in [0, 0.05) is 6.54 Å². The monoisotopic (exact) mass is 257 g/mol. The highest BCUT2D eigenvalue weighted by Crippen LogP contribution is 2.25. The van der Waals surface area contributed by atoms with Gasteiger partial charge in [-0.25, -0.2) is 0 Å². The molecular formula is C16H19NO2. The summed E-state index contributed by atoms with van der Waals surface area (Å²) in [5.41, 5.74) is 8.48. The van der Waals surface area contributed by atoms with Gasteiger partial charge in [-0.3, -0.25) is 0 Å². The zero-order valence-corrected chi connectivity index (χ0v) is 11.0. The van der Waals surface area contributed by atoms with Crippen molar-refractivity contribution < 1.29 is 9.84 Å². The predicted molar refractivity (Wildman–Crippen MR) is 77.1 cm³/mol. The van der Waals surface area contributed by atoms with Crippen molar-refractivity contribution in [2.45, 2.75) is 13.0 Å². The number of benzene rings is 2. The van der Waals surface area contributed by atoms with E-state index in [4.69, 9.17) is 10.5 Å². The maximum absolute atomic E-state index is 9.77. The summed E-state index contributed by atoms with van der Waals surface area (Å²) in [4.78, 5) is 0. The van der Waals surface area contributed by atoms with Crippen LogP contribution in [0.3, 0.4) is 0 Å². The fourth-order valence-corrected chi connectivity index (χ4v) is 1.97. The van der Waals surface area contributed by atoms with Gasteiger partial charge in [0.2, 0.25) is 0 Å².